The highest BCUT2D eigenvalue weighted by molar-refractivity contribution is 7.80. The molecule has 1 aromatic rings. The van der Waals surface area contributed by atoms with Gasteiger partial charge in [0.05, 0.1) is 0 Å². The van der Waals surface area contributed by atoms with Crippen molar-refractivity contribution in [3.8, 4) is 11.8 Å². The van der Waals surface area contributed by atoms with E-state index in [9.17, 15) is 0 Å². The molecule has 1 heteroatoms. The molecule has 0 nitrogen and oxygen atoms in total. The van der Waals surface area contributed by atoms with E-state index in [1.54, 1.807) is 0 Å². The summed E-state index contributed by atoms with van der Waals surface area (Å²) in [6, 6.07) is 8.03. The van der Waals surface area contributed by atoms with Crippen LogP contribution in [0.25, 0.3) is 6.08 Å². The van der Waals surface area contributed by atoms with Crippen LogP contribution < -0.4 is 0 Å². The van der Waals surface area contributed by atoms with Gasteiger partial charge in [0.15, 0.2) is 0 Å². The molecule has 0 heterocycles. The van der Waals surface area contributed by atoms with Gasteiger partial charge in [-0.2, -0.15) is 12.6 Å². The first-order valence-electron chi connectivity index (χ1n) is 4.19. The van der Waals surface area contributed by atoms with Crippen molar-refractivity contribution < 1.29 is 0 Å². The monoisotopic (exact) mass is 188 g/mol. The Labute approximate surface area is 85.1 Å². The van der Waals surface area contributed by atoms with E-state index in [0.717, 1.165) is 23.3 Å². The van der Waals surface area contributed by atoms with Gasteiger partial charge in [0.1, 0.15) is 0 Å². The van der Waals surface area contributed by atoms with Gasteiger partial charge in [-0.15, -0.1) is 0 Å². The zero-order valence-electron chi connectivity index (χ0n) is 7.46. The lowest BCUT2D eigenvalue weighted by Gasteiger charge is -1.92. The Morgan fingerprint density at radius 3 is 2.54 bits per heavy atom. The Hall–Kier alpha value is -1.13. The maximum absolute atomic E-state index is 4.08. The van der Waals surface area contributed by atoms with Gasteiger partial charge in [-0.05, 0) is 17.7 Å². The Balaban J connectivity index is 2.71. The minimum Gasteiger partial charge on any atom is -0.178 e. The van der Waals surface area contributed by atoms with Crippen LogP contribution in [0.2, 0.25) is 0 Å². The first kappa shape index (κ1) is 9.95. The molecule has 0 radical (unpaired) electrons. The van der Waals surface area contributed by atoms with Crippen LogP contribution in [0.15, 0.2) is 30.8 Å². The molecule has 0 aliphatic heterocycles. The molecule has 0 aliphatic carbocycles. The third-order valence-electron chi connectivity index (χ3n) is 1.62. The highest BCUT2D eigenvalue weighted by Crippen LogP contribution is 2.03. The predicted molar refractivity (Wildman–Crippen MR) is 61.9 cm³/mol. The van der Waals surface area contributed by atoms with E-state index in [2.05, 4.69) is 31.0 Å². The first-order valence-corrected chi connectivity index (χ1v) is 4.82. The Morgan fingerprint density at radius 2 is 2.00 bits per heavy atom. The Morgan fingerprint density at radius 1 is 1.31 bits per heavy atom. The fourth-order valence-electron chi connectivity index (χ4n) is 0.923. The van der Waals surface area contributed by atoms with E-state index in [-0.39, 0.29) is 0 Å². The average Bonchev–Trinajstić information content (AvgIpc) is 2.19. The second kappa shape index (κ2) is 5.50. The van der Waals surface area contributed by atoms with Crippen molar-refractivity contribution in [3.05, 3.63) is 42.0 Å². The van der Waals surface area contributed by atoms with Crippen molar-refractivity contribution in [1.82, 2.24) is 0 Å². The third-order valence-corrected chi connectivity index (χ3v) is 1.84. The minimum atomic E-state index is 0.817. The van der Waals surface area contributed by atoms with E-state index in [1.807, 2.05) is 30.3 Å². The summed E-state index contributed by atoms with van der Waals surface area (Å²) in [5.41, 5.74) is 2.17. The van der Waals surface area contributed by atoms with Crippen LogP contribution in [-0.4, -0.2) is 5.75 Å². The zero-order chi connectivity index (χ0) is 9.52. The third kappa shape index (κ3) is 3.40. The molecule has 0 N–H and O–H groups in total. The molecular weight excluding hydrogens is 176 g/mol. The maximum atomic E-state index is 4.08. The maximum Gasteiger partial charge on any atom is 0.0245 e. The van der Waals surface area contributed by atoms with Gasteiger partial charge in [-0.3, -0.25) is 0 Å². The summed E-state index contributed by atoms with van der Waals surface area (Å²) in [5.74, 6) is 6.92. The summed E-state index contributed by atoms with van der Waals surface area (Å²) < 4.78 is 0. The van der Waals surface area contributed by atoms with Gasteiger partial charge in [-0.25, -0.2) is 0 Å². The van der Waals surface area contributed by atoms with Gasteiger partial charge >= 0.3 is 0 Å². The molecule has 0 fully saturated rings. The molecule has 1 rings (SSSR count). The first-order chi connectivity index (χ1) is 6.36. The van der Waals surface area contributed by atoms with Crippen molar-refractivity contribution >= 4 is 18.7 Å². The summed E-state index contributed by atoms with van der Waals surface area (Å²) in [4.78, 5) is 0. The quantitative estimate of drug-likeness (QED) is 0.535. The summed E-state index contributed by atoms with van der Waals surface area (Å²) in [7, 11) is 0. The smallest absolute Gasteiger partial charge is 0.0245 e. The molecule has 0 saturated heterocycles. The molecule has 0 aromatic heterocycles. The van der Waals surface area contributed by atoms with E-state index in [1.165, 1.54) is 0 Å². The number of rotatable bonds is 2. The lowest BCUT2D eigenvalue weighted by molar-refractivity contribution is 1.31. The standard InChI is InChI=1S/C12H12S/c1-2-11-6-8-12(9-7-11)5-3-4-10-13/h2,6-9,13H,1,4,10H2. The van der Waals surface area contributed by atoms with E-state index < -0.39 is 0 Å². The molecule has 0 bridgehead atoms. The number of benzene rings is 1. The molecule has 0 atom stereocenters. The van der Waals surface area contributed by atoms with Gasteiger partial charge in [0, 0.05) is 17.7 Å². The fourth-order valence-corrected chi connectivity index (χ4v) is 1.03. The normalized spacial score (nSPS) is 8.69. The lowest BCUT2D eigenvalue weighted by atomic mass is 10.1. The van der Waals surface area contributed by atoms with Crippen molar-refractivity contribution in [1.29, 1.82) is 0 Å². The highest BCUT2D eigenvalue weighted by atomic mass is 32.1. The molecule has 13 heavy (non-hydrogen) atoms. The summed E-state index contributed by atoms with van der Waals surface area (Å²) in [6.07, 6.45) is 2.66. The van der Waals surface area contributed by atoms with Crippen LogP contribution in [0.1, 0.15) is 17.5 Å². The van der Waals surface area contributed by atoms with E-state index in [0.29, 0.717) is 0 Å². The van der Waals surface area contributed by atoms with Crippen LogP contribution in [0.4, 0.5) is 0 Å². The SMILES string of the molecule is C=Cc1ccc(C#CCCS)cc1. The molecule has 0 saturated carbocycles. The average molecular weight is 188 g/mol. The summed E-state index contributed by atoms with van der Waals surface area (Å²) >= 11 is 4.08. The molecule has 0 unspecified atom stereocenters. The van der Waals surface area contributed by atoms with Crippen molar-refractivity contribution in [2.45, 2.75) is 6.42 Å². The predicted octanol–water partition coefficient (Wildman–Crippen LogP) is 3.00. The molecule has 0 aliphatic rings. The molecule has 66 valence electrons. The van der Waals surface area contributed by atoms with Crippen LogP contribution in [0.5, 0.6) is 0 Å². The summed E-state index contributed by atoms with van der Waals surface area (Å²) in [5, 5.41) is 0. The number of hydrogen-bond acceptors (Lipinski definition) is 1. The number of thiol groups is 1. The van der Waals surface area contributed by atoms with Crippen LogP contribution in [0.3, 0.4) is 0 Å². The van der Waals surface area contributed by atoms with Gasteiger partial charge in [0.25, 0.3) is 0 Å². The van der Waals surface area contributed by atoms with Gasteiger partial charge < -0.3 is 0 Å². The fraction of sp³-hybridized carbons (Fsp3) is 0.167. The zero-order valence-corrected chi connectivity index (χ0v) is 8.35. The topological polar surface area (TPSA) is 0 Å². The molecular formula is C12H12S. The van der Waals surface area contributed by atoms with Crippen molar-refractivity contribution in [3.63, 3.8) is 0 Å². The highest BCUT2D eigenvalue weighted by Gasteiger charge is 1.86. The van der Waals surface area contributed by atoms with E-state index >= 15 is 0 Å². The second-order valence-corrected chi connectivity index (χ2v) is 3.05. The summed E-state index contributed by atoms with van der Waals surface area (Å²) in [6.45, 7) is 3.69. The second-order valence-electron chi connectivity index (χ2n) is 2.60. The van der Waals surface area contributed by atoms with Gasteiger partial charge in [-0.1, -0.05) is 36.6 Å². The molecule has 0 amide bonds. The lowest BCUT2D eigenvalue weighted by Crippen LogP contribution is -1.75. The number of hydrogen-bond donors (Lipinski definition) is 1. The Bertz CT molecular complexity index is 324. The minimum absolute atomic E-state index is 0.817. The largest absolute Gasteiger partial charge is 0.178 e. The van der Waals surface area contributed by atoms with E-state index in [4.69, 9.17) is 0 Å². The van der Waals surface area contributed by atoms with Gasteiger partial charge in [0.2, 0.25) is 0 Å². The Kier molecular flexibility index (Phi) is 4.21. The van der Waals surface area contributed by atoms with Crippen LogP contribution in [0, 0.1) is 11.8 Å². The van der Waals surface area contributed by atoms with Crippen molar-refractivity contribution in [2.24, 2.45) is 0 Å². The van der Waals surface area contributed by atoms with Crippen LogP contribution in [-0.2, 0) is 0 Å². The molecule has 0 spiro atoms. The van der Waals surface area contributed by atoms with Crippen LogP contribution >= 0.6 is 12.6 Å². The molecule has 1 aromatic carbocycles. The van der Waals surface area contributed by atoms with Crippen molar-refractivity contribution in [2.75, 3.05) is 5.75 Å².